The van der Waals surface area contributed by atoms with Crippen LogP contribution in [0.2, 0.25) is 0 Å². The largest absolute Gasteiger partial charge is 0.299 e. The SMILES string of the molecule is S=c1cc(-c2cccs2)[nH][nH]1. The molecule has 0 saturated heterocycles. The van der Waals surface area contributed by atoms with Crippen LogP contribution in [0.5, 0.6) is 0 Å². The zero-order valence-electron chi connectivity index (χ0n) is 5.63. The van der Waals surface area contributed by atoms with E-state index in [2.05, 4.69) is 16.3 Å². The fourth-order valence-electron chi connectivity index (χ4n) is 0.897. The number of nitrogens with one attached hydrogen (secondary N) is 2. The Morgan fingerprint density at radius 1 is 1.36 bits per heavy atom. The Bertz CT molecular complexity index is 382. The van der Waals surface area contributed by atoms with E-state index in [1.165, 1.54) is 4.88 Å². The molecule has 0 spiro atoms. The minimum absolute atomic E-state index is 0.744. The first kappa shape index (κ1) is 6.82. The third kappa shape index (κ3) is 1.27. The molecule has 2 aromatic rings. The summed E-state index contributed by atoms with van der Waals surface area (Å²) in [6, 6.07) is 5.99. The van der Waals surface area contributed by atoms with E-state index in [0.29, 0.717) is 0 Å². The van der Waals surface area contributed by atoms with Crippen molar-refractivity contribution in [3.63, 3.8) is 0 Å². The topological polar surface area (TPSA) is 31.6 Å². The van der Waals surface area contributed by atoms with Gasteiger partial charge in [-0.3, -0.25) is 10.2 Å². The average Bonchev–Trinajstić information content (AvgIpc) is 2.55. The number of aromatic amines is 2. The van der Waals surface area contributed by atoms with Crippen molar-refractivity contribution in [2.45, 2.75) is 0 Å². The molecule has 0 aliphatic carbocycles. The zero-order valence-corrected chi connectivity index (χ0v) is 7.26. The van der Waals surface area contributed by atoms with Crippen LogP contribution in [-0.2, 0) is 0 Å². The molecule has 0 bridgehead atoms. The maximum atomic E-state index is 4.92. The number of hydrogen-bond donors (Lipinski definition) is 2. The molecule has 0 aliphatic rings. The van der Waals surface area contributed by atoms with Crippen LogP contribution in [0.4, 0.5) is 0 Å². The summed E-state index contributed by atoms with van der Waals surface area (Å²) in [5.41, 5.74) is 1.06. The van der Waals surface area contributed by atoms with Gasteiger partial charge in [0, 0.05) is 6.07 Å². The highest BCUT2D eigenvalue weighted by Crippen LogP contribution is 2.21. The van der Waals surface area contributed by atoms with Gasteiger partial charge in [0.15, 0.2) is 0 Å². The molecule has 2 N–H and O–H groups in total. The molecular weight excluding hydrogens is 176 g/mol. The highest BCUT2D eigenvalue weighted by atomic mass is 32.1. The standard InChI is InChI=1S/C7H6N2S2/c10-7-4-5(8-9-7)6-2-1-3-11-6/h1-4H,(H2,8,9,10). The van der Waals surface area contributed by atoms with E-state index in [1.807, 2.05) is 17.5 Å². The van der Waals surface area contributed by atoms with E-state index in [4.69, 9.17) is 12.2 Å². The van der Waals surface area contributed by atoms with Gasteiger partial charge in [-0.2, -0.15) is 0 Å². The van der Waals surface area contributed by atoms with Gasteiger partial charge in [0.2, 0.25) is 0 Å². The van der Waals surface area contributed by atoms with E-state index in [-0.39, 0.29) is 0 Å². The molecule has 0 aromatic carbocycles. The second-order valence-electron chi connectivity index (χ2n) is 2.15. The van der Waals surface area contributed by atoms with Crippen molar-refractivity contribution < 1.29 is 0 Å². The maximum absolute atomic E-state index is 4.92. The van der Waals surface area contributed by atoms with Crippen molar-refractivity contribution in [3.05, 3.63) is 28.2 Å². The second kappa shape index (κ2) is 2.64. The summed E-state index contributed by atoms with van der Waals surface area (Å²) in [4.78, 5) is 1.21. The molecular formula is C7H6N2S2. The van der Waals surface area contributed by atoms with Crippen LogP contribution < -0.4 is 0 Å². The van der Waals surface area contributed by atoms with Crippen LogP contribution in [0.15, 0.2) is 23.6 Å². The molecule has 0 fully saturated rings. The molecule has 0 atom stereocenters. The smallest absolute Gasteiger partial charge is 0.119 e. The molecule has 4 heteroatoms. The molecule has 0 saturated carbocycles. The Balaban J connectivity index is 2.53. The number of H-pyrrole nitrogens is 2. The Morgan fingerprint density at radius 3 is 2.82 bits per heavy atom. The Morgan fingerprint density at radius 2 is 2.27 bits per heavy atom. The van der Waals surface area contributed by atoms with E-state index in [0.717, 1.165) is 10.3 Å². The van der Waals surface area contributed by atoms with Gasteiger partial charge in [-0.1, -0.05) is 18.3 Å². The molecule has 0 aliphatic heterocycles. The first-order chi connectivity index (χ1) is 5.36. The molecule has 0 unspecified atom stereocenters. The van der Waals surface area contributed by atoms with Gasteiger partial charge in [-0.15, -0.1) is 11.3 Å². The minimum atomic E-state index is 0.744. The first-order valence-electron chi connectivity index (χ1n) is 3.18. The van der Waals surface area contributed by atoms with Gasteiger partial charge in [-0.05, 0) is 11.4 Å². The number of rotatable bonds is 1. The summed E-state index contributed by atoms with van der Waals surface area (Å²) < 4.78 is 0.744. The number of aromatic nitrogens is 2. The molecule has 56 valence electrons. The summed E-state index contributed by atoms with van der Waals surface area (Å²) in [5, 5.41) is 7.88. The fourth-order valence-corrected chi connectivity index (χ4v) is 1.76. The first-order valence-corrected chi connectivity index (χ1v) is 4.46. The van der Waals surface area contributed by atoms with Gasteiger partial charge in [0.1, 0.15) is 4.64 Å². The lowest BCUT2D eigenvalue weighted by Crippen LogP contribution is -1.69. The summed E-state index contributed by atoms with van der Waals surface area (Å²) in [5.74, 6) is 0. The molecule has 2 nitrogen and oxygen atoms in total. The van der Waals surface area contributed by atoms with Crippen LogP contribution in [-0.4, -0.2) is 10.2 Å². The molecule has 2 rings (SSSR count). The maximum Gasteiger partial charge on any atom is 0.119 e. The lowest BCUT2D eigenvalue weighted by atomic mass is 10.3. The monoisotopic (exact) mass is 182 g/mol. The highest BCUT2D eigenvalue weighted by molar-refractivity contribution is 7.71. The molecule has 2 heterocycles. The van der Waals surface area contributed by atoms with Gasteiger partial charge < -0.3 is 0 Å². The van der Waals surface area contributed by atoms with E-state index in [9.17, 15) is 0 Å². The van der Waals surface area contributed by atoms with Crippen molar-refractivity contribution in [2.75, 3.05) is 0 Å². The van der Waals surface area contributed by atoms with E-state index >= 15 is 0 Å². The van der Waals surface area contributed by atoms with Crippen molar-refractivity contribution in [3.8, 4) is 10.6 Å². The summed E-state index contributed by atoms with van der Waals surface area (Å²) in [7, 11) is 0. The third-order valence-corrected chi connectivity index (χ3v) is 2.51. The summed E-state index contributed by atoms with van der Waals surface area (Å²) >= 11 is 6.62. The van der Waals surface area contributed by atoms with Gasteiger partial charge >= 0.3 is 0 Å². The van der Waals surface area contributed by atoms with Gasteiger partial charge in [0.05, 0.1) is 10.6 Å². The molecule has 0 amide bonds. The predicted octanol–water partition coefficient (Wildman–Crippen LogP) is 2.80. The highest BCUT2D eigenvalue weighted by Gasteiger charge is 1.97. The lowest BCUT2D eigenvalue weighted by molar-refractivity contribution is 1.09. The van der Waals surface area contributed by atoms with Crippen LogP contribution >= 0.6 is 23.6 Å². The van der Waals surface area contributed by atoms with E-state index in [1.54, 1.807) is 11.3 Å². The van der Waals surface area contributed by atoms with Crippen molar-refractivity contribution in [1.29, 1.82) is 0 Å². The van der Waals surface area contributed by atoms with Gasteiger partial charge in [0.25, 0.3) is 0 Å². The van der Waals surface area contributed by atoms with E-state index < -0.39 is 0 Å². The van der Waals surface area contributed by atoms with Crippen LogP contribution in [0, 0.1) is 4.64 Å². The molecule has 11 heavy (non-hydrogen) atoms. The molecule has 0 radical (unpaired) electrons. The van der Waals surface area contributed by atoms with Crippen LogP contribution in [0.3, 0.4) is 0 Å². The fraction of sp³-hybridized carbons (Fsp3) is 0. The summed E-state index contributed by atoms with van der Waals surface area (Å²) in [6.45, 7) is 0. The minimum Gasteiger partial charge on any atom is -0.299 e. The normalized spacial score (nSPS) is 10.2. The Kier molecular flexibility index (Phi) is 1.63. The van der Waals surface area contributed by atoms with Gasteiger partial charge in [-0.25, -0.2) is 0 Å². The average molecular weight is 182 g/mol. The van der Waals surface area contributed by atoms with Crippen molar-refractivity contribution in [2.24, 2.45) is 0 Å². The van der Waals surface area contributed by atoms with Crippen LogP contribution in [0.1, 0.15) is 0 Å². The third-order valence-electron chi connectivity index (χ3n) is 1.38. The Hall–Kier alpha value is -0.870. The molecule has 2 aromatic heterocycles. The van der Waals surface area contributed by atoms with Crippen LogP contribution in [0.25, 0.3) is 10.6 Å². The summed E-state index contributed by atoms with van der Waals surface area (Å²) in [6.07, 6.45) is 0. The quantitative estimate of drug-likeness (QED) is 0.653. The predicted molar refractivity (Wildman–Crippen MR) is 49.3 cm³/mol. The number of hydrogen-bond acceptors (Lipinski definition) is 2. The van der Waals surface area contributed by atoms with Crippen molar-refractivity contribution in [1.82, 2.24) is 10.2 Å². The second-order valence-corrected chi connectivity index (χ2v) is 3.54. The zero-order chi connectivity index (χ0) is 7.68. The lowest BCUT2D eigenvalue weighted by Gasteiger charge is -1.85. The van der Waals surface area contributed by atoms with Crippen molar-refractivity contribution >= 4 is 23.6 Å². The Labute approximate surface area is 72.9 Å². The number of thiophene rings is 1.